The molecule has 0 atom stereocenters. The number of carbonyl (C=O) groups is 1. The highest BCUT2D eigenvalue weighted by atomic mass is 79.9. The van der Waals surface area contributed by atoms with E-state index in [1.807, 2.05) is 37.1 Å². The standard InChI is InChI=1S/C11H13BrN2O/c1-8-3-4-9(12)7-10(8)14-6-5-13(2)11(14)15/h3-4,7H,5-6H2,1-2H3. The van der Waals surface area contributed by atoms with Gasteiger partial charge in [0.2, 0.25) is 0 Å². The molecular formula is C11H13BrN2O. The molecule has 1 aromatic carbocycles. The quantitative estimate of drug-likeness (QED) is 0.768. The Morgan fingerprint density at radius 3 is 2.67 bits per heavy atom. The van der Waals surface area contributed by atoms with Crippen LogP contribution in [0.4, 0.5) is 10.5 Å². The molecule has 1 aliphatic heterocycles. The predicted molar refractivity (Wildman–Crippen MR) is 64.3 cm³/mol. The SMILES string of the molecule is Cc1ccc(Br)cc1N1CCN(C)C1=O. The molecule has 0 spiro atoms. The predicted octanol–water partition coefficient (Wildman–Crippen LogP) is 2.63. The summed E-state index contributed by atoms with van der Waals surface area (Å²) in [6.07, 6.45) is 0. The number of likely N-dealkylation sites (N-methyl/N-ethyl adjacent to an activating group) is 1. The summed E-state index contributed by atoms with van der Waals surface area (Å²) in [7, 11) is 1.83. The lowest BCUT2D eigenvalue weighted by Gasteiger charge is -2.18. The average Bonchev–Trinajstić information content (AvgIpc) is 2.52. The first-order chi connectivity index (χ1) is 7.09. The van der Waals surface area contributed by atoms with E-state index >= 15 is 0 Å². The smallest absolute Gasteiger partial charge is 0.324 e. The number of halogens is 1. The molecule has 1 aliphatic rings. The molecule has 0 radical (unpaired) electrons. The summed E-state index contributed by atoms with van der Waals surface area (Å²) in [6.45, 7) is 3.59. The zero-order valence-electron chi connectivity index (χ0n) is 8.83. The Labute approximate surface area is 97.8 Å². The molecule has 3 nitrogen and oxygen atoms in total. The molecular weight excluding hydrogens is 256 g/mol. The van der Waals surface area contributed by atoms with Crippen LogP contribution in [0, 0.1) is 6.92 Å². The molecule has 0 N–H and O–H groups in total. The number of benzene rings is 1. The van der Waals surface area contributed by atoms with Gasteiger partial charge in [-0.2, -0.15) is 0 Å². The van der Waals surface area contributed by atoms with Crippen LogP contribution in [0.1, 0.15) is 5.56 Å². The van der Waals surface area contributed by atoms with Gasteiger partial charge in [-0.25, -0.2) is 4.79 Å². The fourth-order valence-corrected chi connectivity index (χ4v) is 2.09. The van der Waals surface area contributed by atoms with Gasteiger partial charge >= 0.3 is 6.03 Å². The van der Waals surface area contributed by atoms with Crippen molar-refractivity contribution < 1.29 is 4.79 Å². The van der Waals surface area contributed by atoms with E-state index in [0.29, 0.717) is 0 Å². The second kappa shape index (κ2) is 3.85. The normalized spacial score (nSPS) is 16.3. The molecule has 2 amide bonds. The summed E-state index contributed by atoms with van der Waals surface area (Å²) in [6, 6.07) is 6.08. The van der Waals surface area contributed by atoms with Gasteiger partial charge in [-0.3, -0.25) is 4.90 Å². The van der Waals surface area contributed by atoms with E-state index in [9.17, 15) is 4.79 Å². The van der Waals surface area contributed by atoms with Crippen LogP contribution in [-0.2, 0) is 0 Å². The van der Waals surface area contributed by atoms with E-state index in [4.69, 9.17) is 0 Å². The van der Waals surface area contributed by atoms with Crippen LogP contribution in [0.15, 0.2) is 22.7 Å². The van der Waals surface area contributed by atoms with Gasteiger partial charge in [0.15, 0.2) is 0 Å². The molecule has 4 heteroatoms. The summed E-state index contributed by atoms with van der Waals surface area (Å²) in [4.78, 5) is 15.4. The van der Waals surface area contributed by atoms with Gasteiger partial charge in [0.1, 0.15) is 0 Å². The molecule has 15 heavy (non-hydrogen) atoms. The molecule has 0 saturated carbocycles. The van der Waals surface area contributed by atoms with E-state index in [-0.39, 0.29) is 6.03 Å². The lowest BCUT2D eigenvalue weighted by Crippen LogP contribution is -2.29. The van der Waals surface area contributed by atoms with Crippen LogP contribution < -0.4 is 4.90 Å². The molecule has 1 heterocycles. The van der Waals surface area contributed by atoms with Crippen LogP contribution in [0.2, 0.25) is 0 Å². The first-order valence-corrected chi connectivity index (χ1v) is 5.67. The molecule has 1 fully saturated rings. The van der Waals surface area contributed by atoms with Crippen molar-refractivity contribution in [1.82, 2.24) is 4.90 Å². The number of aryl methyl sites for hydroxylation is 1. The lowest BCUT2D eigenvalue weighted by atomic mass is 10.2. The highest BCUT2D eigenvalue weighted by Crippen LogP contribution is 2.27. The molecule has 1 aromatic rings. The van der Waals surface area contributed by atoms with Crippen molar-refractivity contribution in [2.75, 3.05) is 25.0 Å². The van der Waals surface area contributed by atoms with Gasteiger partial charge in [0, 0.05) is 30.3 Å². The summed E-state index contributed by atoms with van der Waals surface area (Å²) in [5.74, 6) is 0. The molecule has 0 bridgehead atoms. The Kier molecular flexibility index (Phi) is 2.69. The Bertz CT molecular complexity index is 406. The third-order valence-corrected chi connectivity index (χ3v) is 3.17. The molecule has 0 unspecified atom stereocenters. The topological polar surface area (TPSA) is 23.6 Å². The van der Waals surface area contributed by atoms with Crippen molar-refractivity contribution in [3.8, 4) is 0 Å². The van der Waals surface area contributed by atoms with Gasteiger partial charge < -0.3 is 4.90 Å². The summed E-state index contributed by atoms with van der Waals surface area (Å²) < 4.78 is 1.01. The summed E-state index contributed by atoms with van der Waals surface area (Å²) >= 11 is 3.43. The molecule has 0 aliphatic carbocycles. The average molecular weight is 269 g/mol. The van der Waals surface area contributed by atoms with Crippen molar-refractivity contribution in [2.24, 2.45) is 0 Å². The van der Waals surface area contributed by atoms with Crippen molar-refractivity contribution in [3.63, 3.8) is 0 Å². The molecule has 2 rings (SSSR count). The van der Waals surface area contributed by atoms with E-state index in [1.54, 1.807) is 4.90 Å². The number of nitrogens with zero attached hydrogens (tertiary/aromatic N) is 2. The van der Waals surface area contributed by atoms with Gasteiger partial charge in [0.25, 0.3) is 0 Å². The largest absolute Gasteiger partial charge is 0.326 e. The van der Waals surface area contributed by atoms with Crippen LogP contribution in [0.3, 0.4) is 0 Å². The highest BCUT2D eigenvalue weighted by molar-refractivity contribution is 9.10. The van der Waals surface area contributed by atoms with Crippen LogP contribution >= 0.6 is 15.9 Å². The monoisotopic (exact) mass is 268 g/mol. The first-order valence-electron chi connectivity index (χ1n) is 4.88. The van der Waals surface area contributed by atoms with Gasteiger partial charge in [-0.1, -0.05) is 22.0 Å². The minimum Gasteiger partial charge on any atom is -0.326 e. The maximum Gasteiger partial charge on any atom is 0.324 e. The Balaban J connectivity index is 2.37. The Morgan fingerprint density at radius 1 is 1.33 bits per heavy atom. The summed E-state index contributed by atoms with van der Waals surface area (Å²) in [5, 5.41) is 0. The van der Waals surface area contributed by atoms with Gasteiger partial charge in [-0.05, 0) is 24.6 Å². The number of amides is 2. The molecule has 80 valence electrons. The third kappa shape index (κ3) is 1.86. The molecule has 0 aromatic heterocycles. The number of carbonyl (C=O) groups excluding carboxylic acids is 1. The van der Waals surface area contributed by atoms with E-state index < -0.39 is 0 Å². The maximum atomic E-state index is 11.8. The highest BCUT2D eigenvalue weighted by Gasteiger charge is 2.27. The minimum absolute atomic E-state index is 0.0798. The van der Waals surface area contributed by atoms with Crippen molar-refractivity contribution in [2.45, 2.75) is 6.92 Å². The fourth-order valence-electron chi connectivity index (χ4n) is 1.74. The van der Waals surface area contributed by atoms with Crippen molar-refractivity contribution >= 4 is 27.6 Å². The Hall–Kier alpha value is -1.03. The van der Waals surface area contributed by atoms with E-state index in [0.717, 1.165) is 28.8 Å². The van der Waals surface area contributed by atoms with E-state index in [2.05, 4.69) is 15.9 Å². The molecule has 1 saturated heterocycles. The second-order valence-corrected chi connectivity index (χ2v) is 4.70. The van der Waals surface area contributed by atoms with Crippen LogP contribution in [-0.4, -0.2) is 31.1 Å². The van der Waals surface area contributed by atoms with E-state index in [1.165, 1.54) is 0 Å². The third-order valence-electron chi connectivity index (χ3n) is 2.68. The minimum atomic E-state index is 0.0798. The Morgan fingerprint density at radius 2 is 2.07 bits per heavy atom. The van der Waals surface area contributed by atoms with Gasteiger partial charge in [0.05, 0.1) is 0 Å². The van der Waals surface area contributed by atoms with Crippen molar-refractivity contribution in [3.05, 3.63) is 28.2 Å². The number of urea groups is 1. The number of hydrogen-bond acceptors (Lipinski definition) is 1. The second-order valence-electron chi connectivity index (χ2n) is 3.79. The van der Waals surface area contributed by atoms with Crippen LogP contribution in [0.25, 0.3) is 0 Å². The van der Waals surface area contributed by atoms with Gasteiger partial charge in [-0.15, -0.1) is 0 Å². The zero-order chi connectivity index (χ0) is 11.0. The summed E-state index contributed by atoms with van der Waals surface area (Å²) in [5.41, 5.74) is 2.13. The fraction of sp³-hybridized carbons (Fsp3) is 0.364. The lowest BCUT2D eigenvalue weighted by molar-refractivity contribution is 0.229. The number of anilines is 1. The first kappa shape index (κ1) is 10.5. The zero-order valence-corrected chi connectivity index (χ0v) is 10.4. The van der Waals surface area contributed by atoms with Crippen LogP contribution in [0.5, 0.6) is 0 Å². The van der Waals surface area contributed by atoms with Crippen molar-refractivity contribution in [1.29, 1.82) is 0 Å². The number of rotatable bonds is 1. The maximum absolute atomic E-state index is 11.8. The number of hydrogen-bond donors (Lipinski definition) is 0.